The van der Waals surface area contributed by atoms with Gasteiger partial charge in [0.05, 0.1) is 34.8 Å². The van der Waals surface area contributed by atoms with Crippen molar-refractivity contribution in [3.05, 3.63) is 170 Å². The maximum Gasteiger partial charge on any atom is 0.272 e. The quantitative estimate of drug-likeness (QED) is 0.111. The highest BCUT2D eigenvalue weighted by Crippen LogP contribution is 2.47. The Balaban J connectivity index is 0.955. The molecule has 61 heavy (non-hydrogen) atoms. The van der Waals surface area contributed by atoms with E-state index in [0.29, 0.717) is 28.8 Å². The first-order valence-corrected chi connectivity index (χ1v) is 20.9. The molecule has 11 rings (SSSR count). The van der Waals surface area contributed by atoms with E-state index in [1.807, 2.05) is 30.3 Å². The summed E-state index contributed by atoms with van der Waals surface area (Å²) in [5.74, 6) is -0.607. The van der Waals surface area contributed by atoms with Crippen LogP contribution in [-0.2, 0) is 17.7 Å². The molecule has 6 atom stereocenters. The third-order valence-corrected chi connectivity index (χ3v) is 12.9. The van der Waals surface area contributed by atoms with Crippen LogP contribution in [0.25, 0.3) is 10.8 Å². The number of ether oxygens (including phenoxy) is 1. The summed E-state index contributed by atoms with van der Waals surface area (Å²) in [6.45, 7) is 4.76. The summed E-state index contributed by atoms with van der Waals surface area (Å²) in [6, 6.07) is 34.5. The molecule has 5 aromatic carbocycles. The molecule has 5 aliphatic heterocycles. The third-order valence-electron chi connectivity index (χ3n) is 12.9. The number of benzene rings is 5. The molecule has 0 bridgehead atoms. The molecule has 6 heterocycles. The van der Waals surface area contributed by atoms with Crippen molar-refractivity contribution in [2.45, 2.75) is 49.3 Å². The van der Waals surface area contributed by atoms with Gasteiger partial charge in [-0.05, 0) is 65.2 Å². The van der Waals surface area contributed by atoms with Gasteiger partial charge < -0.3 is 25.4 Å². The number of aromatic nitrogens is 2. The van der Waals surface area contributed by atoms with Gasteiger partial charge in [-0.3, -0.25) is 20.5 Å². The minimum absolute atomic E-state index is 0.159. The van der Waals surface area contributed by atoms with Gasteiger partial charge in [0.1, 0.15) is 11.7 Å². The highest BCUT2D eigenvalue weighted by Gasteiger charge is 2.42. The van der Waals surface area contributed by atoms with Crippen LogP contribution in [0.4, 0.5) is 15.8 Å². The van der Waals surface area contributed by atoms with Crippen LogP contribution in [-0.4, -0.2) is 76.2 Å². The summed E-state index contributed by atoms with van der Waals surface area (Å²) in [7, 11) is 2.17. The molecule has 1 aromatic heterocycles. The molecule has 6 unspecified atom stereocenters. The average Bonchev–Trinajstić information content (AvgIpc) is 3.75. The van der Waals surface area contributed by atoms with E-state index in [4.69, 9.17) is 14.9 Å². The number of hydrazone groups is 2. The van der Waals surface area contributed by atoms with Gasteiger partial charge in [0.15, 0.2) is 12.5 Å². The van der Waals surface area contributed by atoms with E-state index in [1.54, 1.807) is 18.2 Å². The van der Waals surface area contributed by atoms with Crippen LogP contribution in [0.1, 0.15) is 74.8 Å². The number of nitrogens with one attached hydrogen (secondary N) is 5. The monoisotopic (exact) mass is 816 g/mol. The molecule has 6 aromatic rings. The highest BCUT2D eigenvalue weighted by molar-refractivity contribution is 6.13. The summed E-state index contributed by atoms with van der Waals surface area (Å²) in [5, 5.41) is 36.5. The molecule has 0 aliphatic carbocycles. The zero-order valence-corrected chi connectivity index (χ0v) is 33.5. The number of aliphatic hydroxyl groups is 1. The van der Waals surface area contributed by atoms with E-state index in [2.05, 4.69) is 97.1 Å². The van der Waals surface area contributed by atoms with Crippen molar-refractivity contribution in [3.63, 3.8) is 0 Å². The third kappa shape index (κ3) is 6.67. The van der Waals surface area contributed by atoms with Gasteiger partial charge in [-0.15, -0.1) is 5.10 Å². The van der Waals surface area contributed by atoms with Crippen LogP contribution in [0.2, 0.25) is 0 Å². The van der Waals surface area contributed by atoms with Gasteiger partial charge >= 0.3 is 0 Å². The molecule has 0 saturated carbocycles. The van der Waals surface area contributed by atoms with Gasteiger partial charge in [-0.1, -0.05) is 78.9 Å². The number of anilines is 2. The Bertz CT molecular complexity index is 2770. The smallest absolute Gasteiger partial charge is 0.272 e. The molecule has 6 N–H and O–H groups in total. The fraction of sp³-hybridized carbons (Fsp3) is 0.277. The molecule has 0 amide bonds. The lowest BCUT2D eigenvalue weighted by Gasteiger charge is -2.40. The van der Waals surface area contributed by atoms with E-state index >= 15 is 0 Å². The van der Waals surface area contributed by atoms with Crippen LogP contribution >= 0.6 is 0 Å². The van der Waals surface area contributed by atoms with E-state index < -0.39 is 24.4 Å². The Morgan fingerprint density at radius 2 is 1.52 bits per heavy atom. The van der Waals surface area contributed by atoms with Crippen LogP contribution in [0, 0.1) is 5.82 Å². The summed E-state index contributed by atoms with van der Waals surface area (Å²) >= 11 is 0. The normalized spacial score (nSPS) is 24.3. The number of hydrogen-bond acceptors (Lipinski definition) is 12. The number of hydrogen-bond donors (Lipinski definition) is 6. The number of halogens is 1. The minimum Gasteiger partial charge on any atom is -0.453 e. The standard InChI is InChI=1S/C47H45FN10O3/c1-57-19-21-58(22-20-57)25-29-14-13-28(42-37(26-7-3-2-4-8-26)43-38-32(45(59)54-52-43)9-5-11-34(38)50-42)23-30(29)24-36-51-56-47(61-36)40-41(27-15-17-31(48)18-16-27)49-35-12-6-10-33-39(35)44(40)53-55-46(33)60/h2-18,23,36-37,40-42,45,49-51,54,59H,19-22,24-25H2,1H3,(H,55,60). The summed E-state index contributed by atoms with van der Waals surface area (Å²) in [6.07, 6.45) is -0.896. The van der Waals surface area contributed by atoms with Crippen LogP contribution < -0.4 is 27.0 Å². The van der Waals surface area contributed by atoms with Gasteiger partial charge in [0.25, 0.3) is 5.56 Å². The Hall–Kier alpha value is -6.61. The molecule has 0 radical (unpaired) electrons. The van der Waals surface area contributed by atoms with Crippen molar-refractivity contribution < 1.29 is 14.2 Å². The molecule has 0 spiro atoms. The molecule has 1 saturated heterocycles. The van der Waals surface area contributed by atoms with Gasteiger partial charge in [-0.25, -0.2) is 9.49 Å². The number of H-pyrrole nitrogens is 1. The first kappa shape index (κ1) is 37.4. The van der Waals surface area contributed by atoms with E-state index in [9.17, 15) is 14.3 Å². The highest BCUT2D eigenvalue weighted by atomic mass is 19.1. The van der Waals surface area contributed by atoms with Crippen molar-refractivity contribution in [2.24, 2.45) is 10.2 Å². The largest absolute Gasteiger partial charge is 0.453 e. The Morgan fingerprint density at radius 3 is 2.36 bits per heavy atom. The Kier molecular flexibility index (Phi) is 9.28. The second kappa shape index (κ2) is 15.1. The number of aliphatic hydroxyl groups excluding tert-OH is 1. The van der Waals surface area contributed by atoms with Crippen molar-refractivity contribution in [3.8, 4) is 0 Å². The van der Waals surface area contributed by atoms with Crippen LogP contribution in [0.5, 0.6) is 0 Å². The number of likely N-dealkylation sites (N-methyl/N-ethyl adjacent to an activating group) is 1. The molecule has 1 fully saturated rings. The lowest BCUT2D eigenvalue weighted by atomic mass is 9.75. The molecular formula is C47H45FN10O3. The Morgan fingerprint density at radius 1 is 0.770 bits per heavy atom. The predicted molar refractivity (Wildman–Crippen MR) is 233 cm³/mol. The average molecular weight is 817 g/mol. The number of piperazine rings is 1. The maximum absolute atomic E-state index is 14.2. The van der Waals surface area contributed by atoms with Gasteiger partial charge in [0, 0.05) is 67.0 Å². The first-order valence-electron chi connectivity index (χ1n) is 20.9. The lowest BCUT2D eigenvalue weighted by molar-refractivity contribution is 0.138. The molecule has 14 heteroatoms. The maximum atomic E-state index is 14.2. The van der Waals surface area contributed by atoms with Crippen molar-refractivity contribution in [2.75, 3.05) is 43.9 Å². The number of aromatic amines is 1. The zero-order valence-electron chi connectivity index (χ0n) is 33.5. The first-order chi connectivity index (χ1) is 29.9. The SMILES string of the molecule is CN1CCN(Cc2ccc(C3Nc4cccc5c4C(=NNC5O)C3c3ccccc3)cc2CC2NN=C(C3c4n[nH]c(=O)c5cccc(c45)NC3c3ccc(F)cc3)O2)CC1. The van der Waals surface area contributed by atoms with Crippen LogP contribution in [0.15, 0.2) is 124 Å². The topological polar surface area (TPSA) is 155 Å². The van der Waals surface area contributed by atoms with Crippen molar-refractivity contribution in [1.82, 2.24) is 30.8 Å². The van der Waals surface area contributed by atoms with Crippen LogP contribution in [0.3, 0.4) is 0 Å². The van der Waals surface area contributed by atoms with Crippen molar-refractivity contribution >= 4 is 33.8 Å². The molecule has 13 nitrogen and oxygen atoms in total. The van der Waals surface area contributed by atoms with E-state index in [-0.39, 0.29) is 23.3 Å². The summed E-state index contributed by atoms with van der Waals surface area (Å²) in [4.78, 5) is 17.8. The number of nitrogens with zero attached hydrogens (tertiary/aromatic N) is 5. The number of rotatable bonds is 8. The predicted octanol–water partition coefficient (Wildman–Crippen LogP) is 5.81. The fourth-order valence-electron chi connectivity index (χ4n) is 9.78. The Labute approximate surface area is 351 Å². The van der Waals surface area contributed by atoms with Gasteiger partial charge in [-0.2, -0.15) is 10.2 Å². The molecule has 5 aliphatic rings. The minimum atomic E-state index is -0.893. The van der Waals surface area contributed by atoms with E-state index in [1.165, 1.54) is 17.7 Å². The molecule has 308 valence electrons. The second-order valence-corrected chi connectivity index (χ2v) is 16.6. The summed E-state index contributed by atoms with van der Waals surface area (Å²) < 4.78 is 21.0. The van der Waals surface area contributed by atoms with Gasteiger partial charge in [0.2, 0.25) is 5.90 Å². The lowest BCUT2D eigenvalue weighted by Crippen LogP contribution is -2.44. The summed E-state index contributed by atoms with van der Waals surface area (Å²) in [5.41, 5.74) is 16.3. The fourth-order valence-corrected chi connectivity index (χ4v) is 9.78. The second-order valence-electron chi connectivity index (χ2n) is 16.6. The zero-order chi connectivity index (χ0) is 41.2. The molecular weight excluding hydrogens is 772 g/mol. The van der Waals surface area contributed by atoms with E-state index in [0.717, 1.165) is 83.2 Å². The van der Waals surface area contributed by atoms with Crippen molar-refractivity contribution in [1.29, 1.82) is 0 Å².